The second-order valence-corrected chi connectivity index (χ2v) is 7.60. The summed E-state index contributed by atoms with van der Waals surface area (Å²) in [5.41, 5.74) is 8.71. The third kappa shape index (κ3) is 3.64. The van der Waals surface area contributed by atoms with Crippen molar-refractivity contribution in [3.05, 3.63) is 60.6 Å². The fourth-order valence-electron chi connectivity index (χ4n) is 3.34. The molecule has 1 fully saturated rings. The Hall–Kier alpha value is -2.93. The first-order chi connectivity index (χ1) is 13.1. The largest absolute Gasteiger partial charge is 0.465 e. The van der Waals surface area contributed by atoms with Crippen molar-refractivity contribution in [2.24, 2.45) is 0 Å². The van der Waals surface area contributed by atoms with Gasteiger partial charge in [0, 0.05) is 27.6 Å². The molecule has 0 saturated carbocycles. The average molecular weight is 380 g/mol. The van der Waals surface area contributed by atoms with Gasteiger partial charge in [0.25, 0.3) is 0 Å². The van der Waals surface area contributed by atoms with Crippen molar-refractivity contribution in [1.82, 2.24) is 14.9 Å². The van der Waals surface area contributed by atoms with E-state index in [0.29, 0.717) is 12.4 Å². The lowest BCUT2D eigenvalue weighted by Crippen LogP contribution is -2.29. The highest BCUT2D eigenvalue weighted by Crippen LogP contribution is 2.36. The predicted octanol–water partition coefficient (Wildman–Crippen LogP) is 4.63. The van der Waals surface area contributed by atoms with Gasteiger partial charge in [0.1, 0.15) is 5.82 Å². The molecule has 1 amide bonds. The van der Waals surface area contributed by atoms with Crippen LogP contribution in [0.5, 0.6) is 0 Å². The number of nitrogens with zero attached hydrogens (tertiary/aromatic N) is 2. The van der Waals surface area contributed by atoms with Crippen molar-refractivity contribution in [1.29, 1.82) is 0 Å². The summed E-state index contributed by atoms with van der Waals surface area (Å²) in [4.78, 5) is 22.7. The summed E-state index contributed by atoms with van der Waals surface area (Å²) in [6, 6.07) is 15.7. The lowest BCUT2D eigenvalue weighted by atomic mass is 10.1. The Morgan fingerprint density at radius 1 is 1.26 bits per heavy atom. The molecule has 27 heavy (non-hydrogen) atoms. The van der Waals surface area contributed by atoms with Crippen LogP contribution in [0.15, 0.2) is 64.5 Å². The number of H-pyrrole nitrogens is 1. The van der Waals surface area contributed by atoms with E-state index >= 15 is 0 Å². The van der Waals surface area contributed by atoms with Gasteiger partial charge in [-0.2, -0.15) is 0 Å². The number of rotatable bonds is 4. The number of aromatic amines is 1. The van der Waals surface area contributed by atoms with Gasteiger partial charge in [-0.25, -0.2) is 9.78 Å². The summed E-state index contributed by atoms with van der Waals surface area (Å²) >= 11 is 1.61. The number of nitrogen functional groups attached to an aromatic ring is 1. The van der Waals surface area contributed by atoms with E-state index in [1.807, 2.05) is 48.5 Å². The van der Waals surface area contributed by atoms with E-state index in [0.717, 1.165) is 39.6 Å². The highest BCUT2D eigenvalue weighted by Gasteiger charge is 2.31. The average Bonchev–Trinajstić information content (AvgIpc) is 3.33. The first-order valence-electron chi connectivity index (χ1n) is 8.79. The zero-order valence-corrected chi connectivity index (χ0v) is 15.4. The lowest BCUT2D eigenvalue weighted by molar-refractivity contribution is 0.139. The van der Waals surface area contributed by atoms with Crippen LogP contribution in [0.25, 0.3) is 11.3 Å². The van der Waals surface area contributed by atoms with Crippen LogP contribution in [-0.2, 0) is 0 Å². The Bertz CT molecular complexity index is 958. The molecule has 1 aliphatic rings. The van der Waals surface area contributed by atoms with Crippen LogP contribution in [0.4, 0.5) is 10.5 Å². The minimum Gasteiger partial charge on any atom is -0.465 e. The quantitative estimate of drug-likeness (QED) is 0.574. The summed E-state index contributed by atoms with van der Waals surface area (Å²) in [5.74, 6) is 0.694. The van der Waals surface area contributed by atoms with Gasteiger partial charge in [0.2, 0.25) is 0 Å². The smallest absolute Gasteiger partial charge is 0.407 e. The number of anilines is 1. The van der Waals surface area contributed by atoms with Crippen molar-refractivity contribution in [2.75, 3.05) is 12.3 Å². The molecular formula is C20H20N4O2S. The van der Waals surface area contributed by atoms with Crippen LogP contribution in [0.1, 0.15) is 24.7 Å². The number of nitrogens with one attached hydrogen (secondary N) is 1. The molecule has 0 radical (unpaired) electrons. The Morgan fingerprint density at radius 3 is 2.85 bits per heavy atom. The summed E-state index contributed by atoms with van der Waals surface area (Å²) in [7, 11) is 0. The number of carboxylic acid groups (broad SMARTS) is 1. The van der Waals surface area contributed by atoms with E-state index in [4.69, 9.17) is 5.73 Å². The maximum absolute atomic E-state index is 11.4. The summed E-state index contributed by atoms with van der Waals surface area (Å²) in [5, 5.41) is 9.34. The third-order valence-corrected chi connectivity index (χ3v) is 5.79. The number of nitrogens with two attached hydrogens (primary N) is 1. The predicted molar refractivity (Wildman–Crippen MR) is 106 cm³/mol. The standard InChI is InChI=1S/C20H20N4O2S/c21-15-9-8-13(11-18(15)27-14-5-2-1-3-6-14)16-12-22-19(23-16)17-7-4-10-24(17)20(25)26/h1-3,5-6,8-9,11-12,17H,4,7,10,21H2,(H,22,23)(H,25,26). The van der Waals surface area contributed by atoms with Crippen molar-refractivity contribution < 1.29 is 9.90 Å². The molecule has 3 aromatic rings. The molecular weight excluding hydrogens is 360 g/mol. The number of carbonyl (C=O) groups is 1. The van der Waals surface area contributed by atoms with Gasteiger partial charge in [0.15, 0.2) is 0 Å². The van der Waals surface area contributed by atoms with Crippen molar-refractivity contribution in [3.8, 4) is 11.3 Å². The Kier molecular flexibility index (Phi) is 4.77. The summed E-state index contributed by atoms with van der Waals surface area (Å²) < 4.78 is 0. The molecule has 0 bridgehead atoms. The second kappa shape index (κ2) is 7.36. The van der Waals surface area contributed by atoms with E-state index in [9.17, 15) is 9.90 Å². The molecule has 2 heterocycles. The molecule has 1 unspecified atom stereocenters. The van der Waals surface area contributed by atoms with E-state index in [1.165, 1.54) is 4.90 Å². The maximum atomic E-state index is 11.4. The number of hydrogen-bond acceptors (Lipinski definition) is 4. The highest BCUT2D eigenvalue weighted by atomic mass is 32.2. The zero-order chi connectivity index (χ0) is 18.8. The van der Waals surface area contributed by atoms with Gasteiger partial charge in [0.05, 0.1) is 17.9 Å². The summed E-state index contributed by atoms with van der Waals surface area (Å²) in [6.45, 7) is 0.551. The number of likely N-dealkylation sites (tertiary alicyclic amines) is 1. The Balaban J connectivity index is 1.60. The third-order valence-electron chi connectivity index (χ3n) is 4.71. The number of benzene rings is 2. The fraction of sp³-hybridized carbons (Fsp3) is 0.200. The second-order valence-electron chi connectivity index (χ2n) is 6.48. The molecule has 6 nitrogen and oxygen atoms in total. The van der Waals surface area contributed by atoms with Gasteiger partial charge in [-0.15, -0.1) is 0 Å². The van der Waals surface area contributed by atoms with Gasteiger partial charge in [-0.3, -0.25) is 4.90 Å². The lowest BCUT2D eigenvalue weighted by Gasteiger charge is -2.19. The molecule has 0 spiro atoms. The van der Waals surface area contributed by atoms with Gasteiger partial charge >= 0.3 is 6.09 Å². The molecule has 138 valence electrons. The van der Waals surface area contributed by atoms with Gasteiger partial charge in [-0.05, 0) is 37.1 Å². The van der Waals surface area contributed by atoms with E-state index in [2.05, 4.69) is 9.97 Å². The summed E-state index contributed by atoms with van der Waals surface area (Å²) in [6.07, 6.45) is 2.50. The normalized spacial score (nSPS) is 16.6. The van der Waals surface area contributed by atoms with Crippen LogP contribution in [-0.4, -0.2) is 32.6 Å². The van der Waals surface area contributed by atoms with Crippen LogP contribution in [0.2, 0.25) is 0 Å². The minimum absolute atomic E-state index is 0.205. The van der Waals surface area contributed by atoms with E-state index < -0.39 is 6.09 Å². The maximum Gasteiger partial charge on any atom is 0.407 e. The van der Waals surface area contributed by atoms with Crippen molar-refractivity contribution in [2.45, 2.75) is 28.7 Å². The number of hydrogen-bond donors (Lipinski definition) is 3. The minimum atomic E-state index is -0.899. The number of imidazole rings is 1. The fourth-order valence-corrected chi connectivity index (χ4v) is 4.26. The molecule has 0 aliphatic carbocycles. The van der Waals surface area contributed by atoms with Crippen LogP contribution in [0.3, 0.4) is 0 Å². The SMILES string of the molecule is Nc1ccc(-c2cnc(C3CCCN3C(=O)O)[nH]2)cc1Sc1ccccc1. The molecule has 1 aliphatic heterocycles. The molecule has 4 N–H and O–H groups in total. The first-order valence-corrected chi connectivity index (χ1v) is 9.61. The molecule has 1 atom stereocenters. The van der Waals surface area contributed by atoms with E-state index in [1.54, 1.807) is 18.0 Å². The van der Waals surface area contributed by atoms with E-state index in [-0.39, 0.29) is 6.04 Å². The Labute approximate surface area is 161 Å². The van der Waals surface area contributed by atoms with Gasteiger partial charge < -0.3 is 15.8 Å². The molecule has 7 heteroatoms. The van der Waals surface area contributed by atoms with Crippen LogP contribution < -0.4 is 5.73 Å². The number of amides is 1. The Morgan fingerprint density at radius 2 is 2.07 bits per heavy atom. The highest BCUT2D eigenvalue weighted by molar-refractivity contribution is 7.99. The van der Waals surface area contributed by atoms with Gasteiger partial charge in [-0.1, -0.05) is 36.0 Å². The monoisotopic (exact) mass is 380 g/mol. The molecule has 4 rings (SSSR count). The van der Waals surface area contributed by atoms with Crippen LogP contribution >= 0.6 is 11.8 Å². The van der Waals surface area contributed by atoms with Crippen LogP contribution in [0, 0.1) is 0 Å². The first kappa shape index (κ1) is 17.5. The molecule has 1 aromatic heterocycles. The number of aromatic nitrogens is 2. The zero-order valence-electron chi connectivity index (χ0n) is 14.6. The molecule has 1 saturated heterocycles. The van der Waals surface area contributed by atoms with Crippen molar-refractivity contribution in [3.63, 3.8) is 0 Å². The van der Waals surface area contributed by atoms with Crippen molar-refractivity contribution >= 4 is 23.5 Å². The topological polar surface area (TPSA) is 95.2 Å². The molecule has 2 aromatic carbocycles.